The van der Waals surface area contributed by atoms with Crippen molar-refractivity contribution >= 4 is 40.5 Å². The Labute approximate surface area is 168 Å². The van der Waals surface area contributed by atoms with Gasteiger partial charge in [0, 0.05) is 22.0 Å². The number of carbonyl (C=O) groups excluding carboxylic acids is 1. The van der Waals surface area contributed by atoms with E-state index < -0.39 is 6.04 Å². The van der Waals surface area contributed by atoms with Gasteiger partial charge in [0.1, 0.15) is 5.75 Å². The van der Waals surface area contributed by atoms with Crippen LogP contribution in [0.2, 0.25) is 5.02 Å². The first-order valence-corrected chi connectivity index (χ1v) is 9.18. The Kier molecular flexibility index (Phi) is 5.68. The highest BCUT2D eigenvalue weighted by Gasteiger charge is 2.32. The van der Waals surface area contributed by atoms with Crippen molar-refractivity contribution in [3.8, 4) is 5.75 Å². The molecule has 1 atom stereocenters. The lowest BCUT2D eigenvalue weighted by Gasteiger charge is -2.31. The fourth-order valence-electron chi connectivity index (χ4n) is 3.06. The van der Waals surface area contributed by atoms with Gasteiger partial charge < -0.3 is 20.7 Å². The molecule has 0 aliphatic carbocycles. The second kappa shape index (κ2) is 7.98. The highest BCUT2D eigenvalue weighted by atomic mass is 35.5. The molecule has 0 radical (unpaired) electrons. The van der Waals surface area contributed by atoms with Gasteiger partial charge in [-0.25, -0.2) is 0 Å². The van der Waals surface area contributed by atoms with Gasteiger partial charge in [-0.1, -0.05) is 29.8 Å². The van der Waals surface area contributed by atoms with Crippen LogP contribution in [0.5, 0.6) is 5.75 Å². The van der Waals surface area contributed by atoms with Gasteiger partial charge in [0.25, 0.3) is 5.91 Å². The third kappa shape index (κ3) is 4.07. The summed E-state index contributed by atoms with van der Waals surface area (Å²) in [5.41, 5.74) is 3.67. The molecule has 3 rings (SSSR count). The van der Waals surface area contributed by atoms with Crippen LogP contribution in [0.15, 0.2) is 53.7 Å². The van der Waals surface area contributed by atoms with Crippen LogP contribution in [0.3, 0.4) is 0 Å². The SMILES string of the molecule is COc1ccc(Cl)cc1[C@@H]1NC(=S)NC(C)=C1C(=O)Nc1ccccc1C. The molecule has 7 heteroatoms. The molecule has 5 nitrogen and oxygen atoms in total. The minimum absolute atomic E-state index is 0.226. The van der Waals surface area contributed by atoms with Gasteiger partial charge >= 0.3 is 0 Å². The van der Waals surface area contributed by atoms with Crippen LogP contribution >= 0.6 is 23.8 Å². The second-order valence-corrected chi connectivity index (χ2v) is 7.07. The monoisotopic (exact) mass is 401 g/mol. The Balaban J connectivity index is 2.04. The van der Waals surface area contributed by atoms with Gasteiger partial charge in [-0.15, -0.1) is 0 Å². The predicted molar refractivity (Wildman–Crippen MR) is 112 cm³/mol. The molecular formula is C20H20ClN3O2S. The molecule has 1 aliphatic rings. The van der Waals surface area contributed by atoms with E-state index >= 15 is 0 Å². The molecule has 0 saturated heterocycles. The van der Waals surface area contributed by atoms with Crippen molar-refractivity contribution in [1.29, 1.82) is 0 Å². The van der Waals surface area contributed by atoms with Crippen LogP contribution < -0.4 is 20.7 Å². The van der Waals surface area contributed by atoms with Crippen molar-refractivity contribution in [2.45, 2.75) is 19.9 Å². The maximum Gasteiger partial charge on any atom is 0.255 e. The summed E-state index contributed by atoms with van der Waals surface area (Å²) in [6, 6.07) is 12.4. The molecule has 27 heavy (non-hydrogen) atoms. The maximum atomic E-state index is 13.1. The normalized spacial score (nSPS) is 16.4. The number of hydrogen-bond donors (Lipinski definition) is 3. The van der Waals surface area contributed by atoms with Crippen LogP contribution in [0, 0.1) is 6.92 Å². The fraction of sp³-hybridized carbons (Fsp3) is 0.200. The molecule has 0 spiro atoms. The third-order valence-electron chi connectivity index (χ3n) is 4.41. The number of anilines is 1. The summed E-state index contributed by atoms with van der Waals surface area (Å²) < 4.78 is 5.47. The van der Waals surface area contributed by atoms with Crippen LogP contribution in [0.1, 0.15) is 24.1 Å². The molecule has 1 aliphatic heterocycles. The number of nitrogens with one attached hydrogen (secondary N) is 3. The van der Waals surface area contributed by atoms with E-state index in [0.29, 0.717) is 27.2 Å². The number of benzene rings is 2. The summed E-state index contributed by atoms with van der Waals surface area (Å²) in [6.07, 6.45) is 0. The highest BCUT2D eigenvalue weighted by molar-refractivity contribution is 7.80. The van der Waals surface area contributed by atoms with Crippen LogP contribution in [-0.2, 0) is 4.79 Å². The van der Waals surface area contributed by atoms with Crippen molar-refractivity contribution in [3.63, 3.8) is 0 Å². The van der Waals surface area contributed by atoms with E-state index in [9.17, 15) is 4.79 Å². The fourth-order valence-corrected chi connectivity index (χ4v) is 3.51. The molecule has 3 N–H and O–H groups in total. The van der Waals surface area contributed by atoms with Gasteiger partial charge in [0.15, 0.2) is 5.11 Å². The lowest BCUT2D eigenvalue weighted by Crippen LogP contribution is -2.45. The molecule has 1 heterocycles. The van der Waals surface area contributed by atoms with Gasteiger partial charge in [-0.2, -0.15) is 0 Å². The van der Waals surface area contributed by atoms with Gasteiger partial charge in [-0.3, -0.25) is 4.79 Å². The second-order valence-electron chi connectivity index (χ2n) is 6.23. The number of allylic oxidation sites excluding steroid dienone is 1. The first-order valence-electron chi connectivity index (χ1n) is 8.39. The number of ether oxygens (including phenoxy) is 1. The van der Waals surface area contributed by atoms with E-state index in [0.717, 1.165) is 16.8 Å². The maximum absolute atomic E-state index is 13.1. The zero-order valence-corrected chi connectivity index (χ0v) is 16.8. The number of para-hydroxylation sites is 1. The Bertz CT molecular complexity index is 943. The molecule has 0 unspecified atom stereocenters. The molecule has 140 valence electrons. The Hall–Kier alpha value is -2.57. The van der Waals surface area contributed by atoms with E-state index in [1.807, 2.05) is 38.1 Å². The van der Waals surface area contributed by atoms with E-state index in [1.165, 1.54) is 0 Å². The summed E-state index contributed by atoms with van der Waals surface area (Å²) in [5, 5.41) is 10.2. The number of hydrogen-bond acceptors (Lipinski definition) is 3. The number of rotatable bonds is 4. The van der Waals surface area contributed by atoms with E-state index in [4.69, 9.17) is 28.6 Å². The molecule has 0 fully saturated rings. The first kappa shape index (κ1) is 19.2. The molecule has 0 bridgehead atoms. The minimum Gasteiger partial charge on any atom is -0.496 e. The van der Waals surface area contributed by atoms with Gasteiger partial charge in [0.05, 0.1) is 18.7 Å². The Morgan fingerprint density at radius 2 is 1.96 bits per heavy atom. The number of thiocarbonyl (C=S) groups is 1. The van der Waals surface area contributed by atoms with E-state index in [1.54, 1.807) is 25.3 Å². The summed E-state index contributed by atoms with van der Waals surface area (Å²) in [7, 11) is 1.58. The third-order valence-corrected chi connectivity index (χ3v) is 4.86. The first-order chi connectivity index (χ1) is 12.9. The van der Waals surface area contributed by atoms with Crippen molar-refractivity contribution in [2.75, 3.05) is 12.4 Å². The van der Waals surface area contributed by atoms with E-state index in [2.05, 4.69) is 16.0 Å². The molecule has 0 aromatic heterocycles. The average molecular weight is 402 g/mol. The minimum atomic E-state index is -0.489. The topological polar surface area (TPSA) is 62.4 Å². The lowest BCUT2D eigenvalue weighted by molar-refractivity contribution is -0.113. The van der Waals surface area contributed by atoms with Crippen molar-refractivity contribution in [1.82, 2.24) is 10.6 Å². The zero-order valence-electron chi connectivity index (χ0n) is 15.2. The smallest absolute Gasteiger partial charge is 0.255 e. The average Bonchev–Trinajstić information content (AvgIpc) is 2.62. The number of aryl methyl sites for hydroxylation is 1. The Morgan fingerprint density at radius 1 is 1.22 bits per heavy atom. The zero-order chi connectivity index (χ0) is 19.6. The van der Waals surface area contributed by atoms with Crippen LogP contribution in [-0.4, -0.2) is 18.1 Å². The standard InChI is InChI=1S/C20H20ClN3O2S/c1-11-6-4-5-7-15(11)23-19(25)17-12(2)22-20(27)24-18(17)14-10-13(21)8-9-16(14)26-3/h4-10,18H,1-3H3,(H,23,25)(H2,22,24,27)/t18-/m0/s1. The largest absolute Gasteiger partial charge is 0.496 e. The lowest BCUT2D eigenvalue weighted by atomic mass is 9.94. The van der Waals surface area contributed by atoms with Crippen molar-refractivity contribution < 1.29 is 9.53 Å². The number of halogens is 1. The Morgan fingerprint density at radius 3 is 2.67 bits per heavy atom. The summed E-state index contributed by atoms with van der Waals surface area (Å²) in [6.45, 7) is 3.77. The summed E-state index contributed by atoms with van der Waals surface area (Å²) >= 11 is 11.5. The van der Waals surface area contributed by atoms with Gasteiger partial charge in [-0.05, 0) is 55.9 Å². The summed E-state index contributed by atoms with van der Waals surface area (Å²) in [4.78, 5) is 13.1. The quantitative estimate of drug-likeness (QED) is 0.673. The molecule has 0 saturated carbocycles. The van der Waals surface area contributed by atoms with Gasteiger partial charge in [0.2, 0.25) is 0 Å². The molecular weight excluding hydrogens is 382 g/mol. The van der Waals surface area contributed by atoms with Crippen LogP contribution in [0.4, 0.5) is 5.69 Å². The van der Waals surface area contributed by atoms with E-state index in [-0.39, 0.29) is 5.91 Å². The molecule has 2 aromatic carbocycles. The van der Waals surface area contributed by atoms with Crippen molar-refractivity contribution in [3.05, 3.63) is 69.9 Å². The number of methoxy groups -OCH3 is 1. The van der Waals surface area contributed by atoms with Crippen molar-refractivity contribution in [2.24, 2.45) is 0 Å². The molecule has 1 amide bonds. The predicted octanol–water partition coefficient (Wildman–Crippen LogP) is 4.09. The number of carbonyl (C=O) groups is 1. The number of amides is 1. The van der Waals surface area contributed by atoms with Crippen LogP contribution in [0.25, 0.3) is 0 Å². The highest BCUT2D eigenvalue weighted by Crippen LogP contribution is 2.35. The summed E-state index contributed by atoms with van der Waals surface area (Å²) in [5.74, 6) is 0.395. The molecule has 2 aromatic rings.